The number of amides is 2. The lowest BCUT2D eigenvalue weighted by atomic mass is 10.1. The van der Waals surface area contributed by atoms with Crippen LogP contribution < -0.4 is 15.8 Å². The maximum Gasteiger partial charge on any atom is 0.251 e. The molecule has 0 bridgehead atoms. The van der Waals surface area contributed by atoms with Crippen LogP contribution in [0.1, 0.15) is 21.5 Å². The first-order valence-corrected chi connectivity index (χ1v) is 9.20. The van der Waals surface area contributed by atoms with Crippen molar-refractivity contribution in [2.24, 2.45) is 5.14 Å². The molecule has 8 heteroatoms. The number of nitrogens with two attached hydrogens (primary N) is 1. The van der Waals surface area contributed by atoms with Gasteiger partial charge < -0.3 is 10.6 Å². The molecule has 0 radical (unpaired) electrons. The number of anilines is 1. The minimum absolute atomic E-state index is 0.0570. The smallest absolute Gasteiger partial charge is 0.251 e. The molecule has 4 N–H and O–H groups in total. The van der Waals surface area contributed by atoms with E-state index >= 15 is 0 Å². The van der Waals surface area contributed by atoms with E-state index < -0.39 is 10.0 Å². The molecule has 0 atom stereocenters. The van der Waals surface area contributed by atoms with Crippen molar-refractivity contribution in [1.29, 1.82) is 0 Å². The van der Waals surface area contributed by atoms with Crippen LogP contribution in [0.5, 0.6) is 0 Å². The normalized spacial score (nSPS) is 13.2. The number of sulfonamides is 1. The van der Waals surface area contributed by atoms with E-state index in [1.165, 1.54) is 12.1 Å². The number of carbonyl (C=O) groups is 2. The molecular formula is C17H17N3O4S. The molecule has 1 aliphatic heterocycles. The van der Waals surface area contributed by atoms with Gasteiger partial charge in [0.05, 0.1) is 11.3 Å². The third-order valence-corrected chi connectivity index (χ3v) is 4.87. The van der Waals surface area contributed by atoms with Gasteiger partial charge in [-0.1, -0.05) is 12.1 Å². The molecule has 0 unspecified atom stereocenters. The van der Waals surface area contributed by atoms with Gasteiger partial charge in [-0.25, -0.2) is 13.6 Å². The van der Waals surface area contributed by atoms with E-state index in [9.17, 15) is 18.0 Å². The number of nitrogens with one attached hydrogen (secondary N) is 2. The van der Waals surface area contributed by atoms with Crippen molar-refractivity contribution >= 4 is 27.5 Å². The lowest BCUT2D eigenvalue weighted by molar-refractivity contribution is -0.115. The Hall–Kier alpha value is -2.71. The molecule has 0 aliphatic carbocycles. The van der Waals surface area contributed by atoms with Crippen LogP contribution >= 0.6 is 0 Å². The Morgan fingerprint density at radius 1 is 1.16 bits per heavy atom. The molecule has 2 amide bonds. The monoisotopic (exact) mass is 359 g/mol. The Balaban J connectivity index is 1.56. The Morgan fingerprint density at radius 3 is 2.56 bits per heavy atom. The van der Waals surface area contributed by atoms with Crippen molar-refractivity contribution in [3.05, 3.63) is 59.2 Å². The standard InChI is InChI=1S/C17H17N3O4S/c18-25(23,24)14-4-1-11(2-5-14)7-8-19-17(22)12-3-6-15-13(9-12)10-16(21)20-15/h1-6,9H,7-8,10H2,(H,19,22)(H,20,21)(H2,18,23,24). The molecule has 0 saturated heterocycles. The number of primary sulfonamides is 1. The molecule has 2 aromatic carbocycles. The van der Waals surface area contributed by atoms with Crippen molar-refractivity contribution < 1.29 is 18.0 Å². The van der Waals surface area contributed by atoms with E-state index in [0.717, 1.165) is 16.8 Å². The first-order valence-electron chi connectivity index (χ1n) is 7.66. The van der Waals surface area contributed by atoms with Gasteiger partial charge >= 0.3 is 0 Å². The fourth-order valence-corrected chi connectivity index (χ4v) is 3.15. The van der Waals surface area contributed by atoms with Crippen molar-refractivity contribution in [2.45, 2.75) is 17.7 Å². The summed E-state index contributed by atoms with van der Waals surface area (Å²) in [5.74, 6) is -0.293. The van der Waals surface area contributed by atoms with Crippen LogP contribution in [0.15, 0.2) is 47.4 Å². The van der Waals surface area contributed by atoms with Crippen LogP contribution in [0.4, 0.5) is 5.69 Å². The highest BCUT2D eigenvalue weighted by atomic mass is 32.2. The SMILES string of the molecule is NS(=O)(=O)c1ccc(CCNC(=O)c2ccc3c(c2)CC(=O)N3)cc1. The van der Waals surface area contributed by atoms with Gasteiger partial charge in [-0.3, -0.25) is 9.59 Å². The lowest BCUT2D eigenvalue weighted by Gasteiger charge is -2.07. The van der Waals surface area contributed by atoms with Gasteiger partial charge in [0.2, 0.25) is 15.9 Å². The number of rotatable bonds is 5. The summed E-state index contributed by atoms with van der Waals surface area (Å²) in [7, 11) is -3.70. The van der Waals surface area contributed by atoms with Crippen LogP contribution in [-0.4, -0.2) is 26.8 Å². The predicted octanol–water partition coefficient (Wildman–Crippen LogP) is 0.801. The highest BCUT2D eigenvalue weighted by Gasteiger charge is 2.19. The second kappa shape index (κ2) is 6.66. The van der Waals surface area contributed by atoms with Gasteiger partial charge in [-0.2, -0.15) is 0 Å². The van der Waals surface area contributed by atoms with Crippen LogP contribution in [0.3, 0.4) is 0 Å². The molecule has 0 fully saturated rings. The largest absolute Gasteiger partial charge is 0.352 e. The van der Waals surface area contributed by atoms with Crippen molar-refractivity contribution in [3.63, 3.8) is 0 Å². The Labute approximate surface area is 145 Å². The van der Waals surface area contributed by atoms with E-state index in [1.54, 1.807) is 30.3 Å². The zero-order valence-electron chi connectivity index (χ0n) is 13.3. The quantitative estimate of drug-likeness (QED) is 0.732. The molecule has 25 heavy (non-hydrogen) atoms. The van der Waals surface area contributed by atoms with Crippen molar-refractivity contribution in [2.75, 3.05) is 11.9 Å². The van der Waals surface area contributed by atoms with Crippen molar-refractivity contribution in [1.82, 2.24) is 5.32 Å². The highest BCUT2D eigenvalue weighted by molar-refractivity contribution is 7.89. The van der Waals surface area contributed by atoms with E-state index in [4.69, 9.17) is 5.14 Å². The third-order valence-electron chi connectivity index (χ3n) is 3.94. The summed E-state index contributed by atoms with van der Waals surface area (Å²) in [4.78, 5) is 23.6. The van der Waals surface area contributed by atoms with Gasteiger partial charge in [-0.05, 0) is 47.9 Å². The third kappa shape index (κ3) is 4.04. The second-order valence-electron chi connectivity index (χ2n) is 5.79. The summed E-state index contributed by atoms with van der Waals surface area (Å²) >= 11 is 0. The Bertz CT molecular complexity index is 937. The summed E-state index contributed by atoms with van der Waals surface area (Å²) in [6.07, 6.45) is 0.842. The maximum absolute atomic E-state index is 12.2. The van der Waals surface area contributed by atoms with Crippen LogP contribution in [0, 0.1) is 0 Å². The average Bonchev–Trinajstić information content (AvgIpc) is 2.93. The Kier molecular flexibility index (Phi) is 4.56. The molecule has 1 heterocycles. The molecule has 3 rings (SSSR count). The number of fused-ring (bicyclic) bond motifs is 1. The summed E-state index contributed by atoms with van der Waals surface area (Å²) < 4.78 is 22.4. The zero-order valence-corrected chi connectivity index (χ0v) is 14.1. The maximum atomic E-state index is 12.2. The fraction of sp³-hybridized carbons (Fsp3) is 0.176. The summed E-state index contributed by atoms with van der Waals surface area (Å²) in [6.45, 7) is 0.405. The summed E-state index contributed by atoms with van der Waals surface area (Å²) in [5, 5.41) is 10.6. The van der Waals surface area contributed by atoms with Crippen LogP contribution in [-0.2, 0) is 27.7 Å². The summed E-state index contributed by atoms with van der Waals surface area (Å²) in [5.41, 5.74) is 2.95. The molecule has 0 spiro atoms. The molecule has 1 aliphatic rings. The van der Waals surface area contributed by atoms with Gasteiger partial charge in [0, 0.05) is 17.8 Å². The predicted molar refractivity (Wildman–Crippen MR) is 92.6 cm³/mol. The van der Waals surface area contributed by atoms with Gasteiger partial charge in [0.1, 0.15) is 0 Å². The van der Waals surface area contributed by atoms with Crippen molar-refractivity contribution in [3.8, 4) is 0 Å². The molecule has 130 valence electrons. The molecular weight excluding hydrogens is 342 g/mol. The highest BCUT2D eigenvalue weighted by Crippen LogP contribution is 2.23. The fourth-order valence-electron chi connectivity index (χ4n) is 2.64. The number of benzene rings is 2. The molecule has 0 saturated carbocycles. The first kappa shape index (κ1) is 17.1. The topological polar surface area (TPSA) is 118 Å². The Morgan fingerprint density at radius 2 is 1.88 bits per heavy atom. The van der Waals surface area contributed by atoms with Crippen LogP contribution in [0.2, 0.25) is 0 Å². The first-order chi connectivity index (χ1) is 11.8. The van der Waals surface area contributed by atoms with E-state index in [-0.39, 0.29) is 23.1 Å². The number of carbonyl (C=O) groups excluding carboxylic acids is 2. The molecule has 2 aromatic rings. The second-order valence-corrected chi connectivity index (χ2v) is 7.35. The average molecular weight is 359 g/mol. The van der Waals surface area contributed by atoms with Crippen LogP contribution in [0.25, 0.3) is 0 Å². The van der Waals surface area contributed by atoms with Gasteiger partial charge in [-0.15, -0.1) is 0 Å². The zero-order chi connectivity index (χ0) is 18.0. The minimum Gasteiger partial charge on any atom is -0.352 e. The minimum atomic E-state index is -3.70. The van der Waals surface area contributed by atoms with Gasteiger partial charge in [0.15, 0.2) is 0 Å². The molecule has 7 nitrogen and oxygen atoms in total. The van der Waals surface area contributed by atoms with Gasteiger partial charge in [0.25, 0.3) is 5.91 Å². The lowest BCUT2D eigenvalue weighted by Crippen LogP contribution is -2.25. The van der Waals surface area contributed by atoms with E-state index in [1.807, 2.05) is 0 Å². The number of hydrogen-bond acceptors (Lipinski definition) is 4. The van der Waals surface area contributed by atoms with E-state index in [0.29, 0.717) is 18.5 Å². The number of hydrogen-bond donors (Lipinski definition) is 3. The summed E-state index contributed by atoms with van der Waals surface area (Å²) in [6, 6.07) is 11.3. The van der Waals surface area contributed by atoms with E-state index in [2.05, 4.69) is 10.6 Å². The molecule has 0 aromatic heterocycles.